The number of carbonyl (C=O) groups is 3. The molecule has 2 amide bonds. The lowest BCUT2D eigenvalue weighted by Crippen LogP contribution is -2.39. The fourth-order valence-electron chi connectivity index (χ4n) is 2.64. The van der Waals surface area contributed by atoms with Crippen molar-refractivity contribution in [1.82, 2.24) is 4.90 Å². The highest BCUT2D eigenvalue weighted by Gasteiger charge is 2.38. The Morgan fingerprint density at radius 3 is 2.09 bits per heavy atom. The molecule has 2 rings (SSSR count). The van der Waals surface area contributed by atoms with Crippen LogP contribution in [0, 0.1) is 5.92 Å². The predicted octanol–water partition coefficient (Wildman–Crippen LogP) is 3.04. The molecule has 1 unspecified atom stereocenters. The molecule has 1 aliphatic rings. The number of hydrogen-bond acceptors (Lipinski definition) is 4. The minimum Gasteiger partial charge on any atom is -0.460 e. The van der Waals surface area contributed by atoms with Gasteiger partial charge in [0.2, 0.25) is 0 Å². The third kappa shape index (κ3) is 3.78. The van der Waals surface area contributed by atoms with E-state index in [1.54, 1.807) is 45.0 Å². The normalized spacial score (nSPS) is 15.6. The van der Waals surface area contributed by atoms with Crippen LogP contribution in [0.5, 0.6) is 0 Å². The van der Waals surface area contributed by atoms with Crippen LogP contribution >= 0.6 is 0 Å². The Kier molecular flexibility index (Phi) is 4.88. The number of imide groups is 1. The molecule has 0 N–H and O–H groups in total. The Morgan fingerprint density at radius 2 is 1.65 bits per heavy atom. The van der Waals surface area contributed by atoms with Crippen molar-refractivity contribution in [3.8, 4) is 0 Å². The highest BCUT2D eigenvalue weighted by Crippen LogP contribution is 2.25. The van der Waals surface area contributed by atoms with E-state index in [2.05, 4.69) is 0 Å². The quantitative estimate of drug-likeness (QED) is 0.618. The Balaban J connectivity index is 2.17. The van der Waals surface area contributed by atoms with Crippen molar-refractivity contribution < 1.29 is 19.1 Å². The largest absolute Gasteiger partial charge is 0.460 e. The minimum atomic E-state index is -0.592. The van der Waals surface area contributed by atoms with Gasteiger partial charge < -0.3 is 4.74 Å². The standard InChI is InChI=1S/C18H23NO4/c1-5-8-12(17(22)23-18(2,3)4)11-19-15(20)13-9-6-7-10-14(13)16(19)21/h6-7,9-10,12H,5,8,11H2,1-4H3. The molecule has 0 bridgehead atoms. The first kappa shape index (κ1) is 17.2. The Morgan fingerprint density at radius 1 is 1.13 bits per heavy atom. The van der Waals surface area contributed by atoms with E-state index < -0.39 is 11.5 Å². The summed E-state index contributed by atoms with van der Waals surface area (Å²) in [6.07, 6.45) is 1.34. The van der Waals surface area contributed by atoms with Crippen LogP contribution in [0.2, 0.25) is 0 Å². The van der Waals surface area contributed by atoms with Crippen LogP contribution in [0.4, 0.5) is 0 Å². The maximum absolute atomic E-state index is 12.4. The summed E-state index contributed by atoms with van der Waals surface area (Å²) in [6.45, 7) is 7.43. The number of hydrogen-bond donors (Lipinski definition) is 0. The number of ether oxygens (including phenoxy) is 1. The number of benzene rings is 1. The fraction of sp³-hybridized carbons (Fsp3) is 0.500. The molecular weight excluding hydrogens is 294 g/mol. The lowest BCUT2D eigenvalue weighted by molar-refractivity contribution is -0.160. The molecule has 1 aromatic rings. The van der Waals surface area contributed by atoms with E-state index in [0.717, 1.165) is 11.3 Å². The van der Waals surface area contributed by atoms with E-state index in [9.17, 15) is 14.4 Å². The lowest BCUT2D eigenvalue weighted by atomic mass is 10.0. The van der Waals surface area contributed by atoms with Gasteiger partial charge in [-0.3, -0.25) is 19.3 Å². The molecule has 0 saturated carbocycles. The second-order valence-corrected chi connectivity index (χ2v) is 6.79. The molecule has 0 fully saturated rings. The molecule has 0 aliphatic carbocycles. The Labute approximate surface area is 136 Å². The molecule has 23 heavy (non-hydrogen) atoms. The van der Waals surface area contributed by atoms with E-state index in [1.807, 2.05) is 6.92 Å². The van der Waals surface area contributed by atoms with Crippen molar-refractivity contribution in [2.24, 2.45) is 5.92 Å². The third-order valence-corrected chi connectivity index (χ3v) is 3.66. The minimum absolute atomic E-state index is 0.0646. The molecule has 5 heteroatoms. The predicted molar refractivity (Wildman–Crippen MR) is 86.1 cm³/mol. The van der Waals surface area contributed by atoms with Crippen molar-refractivity contribution in [2.45, 2.75) is 46.1 Å². The number of rotatable bonds is 5. The van der Waals surface area contributed by atoms with E-state index in [1.165, 1.54) is 0 Å². The fourth-order valence-corrected chi connectivity index (χ4v) is 2.64. The van der Waals surface area contributed by atoms with Crippen molar-refractivity contribution >= 4 is 17.8 Å². The van der Waals surface area contributed by atoms with Crippen LogP contribution in [0.1, 0.15) is 61.3 Å². The SMILES string of the molecule is CCCC(CN1C(=O)c2ccccc2C1=O)C(=O)OC(C)(C)C. The highest BCUT2D eigenvalue weighted by molar-refractivity contribution is 6.21. The smallest absolute Gasteiger partial charge is 0.311 e. The highest BCUT2D eigenvalue weighted by atomic mass is 16.6. The molecule has 0 radical (unpaired) electrons. The van der Waals surface area contributed by atoms with Crippen LogP contribution in [-0.2, 0) is 9.53 Å². The number of carbonyl (C=O) groups excluding carboxylic acids is 3. The molecule has 0 aromatic heterocycles. The van der Waals surface area contributed by atoms with Crippen LogP contribution in [0.3, 0.4) is 0 Å². The summed E-state index contributed by atoms with van der Waals surface area (Å²) in [6, 6.07) is 6.73. The maximum atomic E-state index is 12.4. The summed E-state index contributed by atoms with van der Waals surface area (Å²) < 4.78 is 5.42. The van der Waals surface area contributed by atoms with Gasteiger partial charge in [0.15, 0.2) is 0 Å². The van der Waals surface area contributed by atoms with E-state index in [4.69, 9.17) is 4.74 Å². The van der Waals surface area contributed by atoms with Gasteiger partial charge in [0.1, 0.15) is 5.60 Å². The summed E-state index contributed by atoms with van der Waals surface area (Å²) in [5.41, 5.74) is 0.208. The van der Waals surface area contributed by atoms with Crippen molar-refractivity contribution in [2.75, 3.05) is 6.54 Å². The average molecular weight is 317 g/mol. The first-order chi connectivity index (χ1) is 10.7. The average Bonchev–Trinajstić information content (AvgIpc) is 2.70. The summed E-state index contributed by atoms with van der Waals surface area (Å²) >= 11 is 0. The summed E-state index contributed by atoms with van der Waals surface area (Å²) in [5, 5.41) is 0. The van der Waals surface area contributed by atoms with Crippen LogP contribution in [0.25, 0.3) is 0 Å². The zero-order valence-electron chi connectivity index (χ0n) is 14.1. The summed E-state index contributed by atoms with van der Waals surface area (Å²) in [7, 11) is 0. The van der Waals surface area contributed by atoms with E-state index in [0.29, 0.717) is 17.5 Å². The lowest BCUT2D eigenvalue weighted by Gasteiger charge is -2.26. The van der Waals surface area contributed by atoms with E-state index >= 15 is 0 Å². The Hall–Kier alpha value is -2.17. The molecule has 0 saturated heterocycles. The van der Waals surface area contributed by atoms with E-state index in [-0.39, 0.29) is 24.3 Å². The number of fused-ring (bicyclic) bond motifs is 1. The zero-order chi connectivity index (χ0) is 17.2. The summed E-state index contributed by atoms with van der Waals surface area (Å²) in [5.74, 6) is -1.54. The molecular formula is C18H23NO4. The van der Waals surface area contributed by atoms with Gasteiger partial charge >= 0.3 is 5.97 Å². The van der Waals surface area contributed by atoms with Crippen molar-refractivity contribution in [3.63, 3.8) is 0 Å². The first-order valence-corrected chi connectivity index (χ1v) is 7.92. The second kappa shape index (κ2) is 6.52. The maximum Gasteiger partial charge on any atom is 0.311 e. The topological polar surface area (TPSA) is 63.7 Å². The van der Waals surface area contributed by atoms with Gasteiger partial charge in [-0.2, -0.15) is 0 Å². The molecule has 0 spiro atoms. The molecule has 1 heterocycles. The molecule has 1 aromatic carbocycles. The van der Waals surface area contributed by atoms with Gasteiger partial charge in [-0.25, -0.2) is 0 Å². The van der Waals surface area contributed by atoms with Gasteiger partial charge in [-0.15, -0.1) is 0 Å². The van der Waals surface area contributed by atoms with Crippen LogP contribution in [0.15, 0.2) is 24.3 Å². The molecule has 5 nitrogen and oxygen atoms in total. The third-order valence-electron chi connectivity index (χ3n) is 3.66. The van der Waals surface area contributed by atoms with Crippen LogP contribution < -0.4 is 0 Å². The number of nitrogens with zero attached hydrogens (tertiary/aromatic N) is 1. The van der Waals surface area contributed by atoms with Crippen molar-refractivity contribution in [3.05, 3.63) is 35.4 Å². The first-order valence-electron chi connectivity index (χ1n) is 7.92. The monoisotopic (exact) mass is 317 g/mol. The zero-order valence-corrected chi connectivity index (χ0v) is 14.1. The van der Waals surface area contributed by atoms with Gasteiger partial charge in [-0.05, 0) is 39.3 Å². The second-order valence-electron chi connectivity index (χ2n) is 6.79. The van der Waals surface area contributed by atoms with Gasteiger partial charge in [0.25, 0.3) is 11.8 Å². The summed E-state index contributed by atoms with van der Waals surface area (Å²) in [4.78, 5) is 38.3. The molecule has 1 aliphatic heterocycles. The van der Waals surface area contributed by atoms with Gasteiger partial charge in [0.05, 0.1) is 17.0 Å². The molecule has 1 atom stereocenters. The molecule has 124 valence electrons. The number of amides is 2. The van der Waals surface area contributed by atoms with Crippen LogP contribution in [-0.4, -0.2) is 34.8 Å². The Bertz CT molecular complexity index is 595. The van der Waals surface area contributed by atoms with Gasteiger partial charge in [0, 0.05) is 6.54 Å². The van der Waals surface area contributed by atoms with Crippen molar-refractivity contribution in [1.29, 1.82) is 0 Å². The number of esters is 1. The van der Waals surface area contributed by atoms with Gasteiger partial charge in [-0.1, -0.05) is 25.5 Å².